The lowest BCUT2D eigenvalue weighted by atomic mass is 9.91. The Kier molecular flexibility index (Phi) is 2.80. The first-order valence-electron chi connectivity index (χ1n) is 7.11. The van der Waals surface area contributed by atoms with Crippen molar-refractivity contribution in [2.75, 3.05) is 46.8 Å². The zero-order valence-electron chi connectivity index (χ0n) is 11.8. The van der Waals surface area contributed by atoms with E-state index in [-0.39, 0.29) is 5.54 Å². The zero-order chi connectivity index (χ0) is 13.6. The molecular formula is C15H20N4O. The van der Waals surface area contributed by atoms with E-state index in [1.807, 2.05) is 18.3 Å². The third-order valence-electron chi connectivity index (χ3n) is 4.36. The van der Waals surface area contributed by atoms with Crippen molar-refractivity contribution >= 4 is 6.21 Å². The Morgan fingerprint density at radius 3 is 2.05 bits per heavy atom. The van der Waals surface area contributed by atoms with Crippen LogP contribution in [0.25, 0.3) is 0 Å². The van der Waals surface area contributed by atoms with Crippen LogP contribution in [0, 0.1) is 0 Å². The lowest BCUT2D eigenvalue weighted by Gasteiger charge is -2.59. The van der Waals surface area contributed by atoms with E-state index in [9.17, 15) is 0 Å². The predicted octanol–water partition coefficient (Wildman–Crippen LogP) is 0.672. The van der Waals surface area contributed by atoms with Gasteiger partial charge in [-0.25, -0.2) is 0 Å². The SMILES string of the molecule is COc1ccc(C=NC23CN4CN(CN(C4)C2)C3)cc1. The summed E-state index contributed by atoms with van der Waals surface area (Å²) in [5, 5.41) is 0. The molecule has 1 aromatic carbocycles. The Morgan fingerprint density at radius 2 is 1.55 bits per heavy atom. The molecule has 0 radical (unpaired) electrons. The van der Waals surface area contributed by atoms with Gasteiger partial charge in [0.2, 0.25) is 0 Å². The van der Waals surface area contributed by atoms with E-state index in [0.29, 0.717) is 0 Å². The highest BCUT2D eigenvalue weighted by molar-refractivity contribution is 5.80. The first kappa shape index (κ1) is 12.3. The second-order valence-electron chi connectivity index (χ2n) is 6.17. The van der Waals surface area contributed by atoms with Gasteiger partial charge in [0.15, 0.2) is 0 Å². The Labute approximate surface area is 119 Å². The first-order valence-corrected chi connectivity index (χ1v) is 7.11. The molecule has 0 N–H and O–H groups in total. The molecule has 0 spiro atoms. The summed E-state index contributed by atoms with van der Waals surface area (Å²) in [5.41, 5.74) is 1.20. The average molecular weight is 272 g/mol. The molecule has 5 nitrogen and oxygen atoms in total. The van der Waals surface area contributed by atoms with E-state index in [2.05, 4.69) is 26.8 Å². The predicted molar refractivity (Wildman–Crippen MR) is 78.0 cm³/mol. The highest BCUT2D eigenvalue weighted by atomic mass is 16.5. The van der Waals surface area contributed by atoms with Gasteiger partial charge in [-0.2, -0.15) is 0 Å². The molecule has 0 aromatic heterocycles. The number of aliphatic imine (C=N–C) groups is 1. The summed E-state index contributed by atoms with van der Waals surface area (Å²) in [5.74, 6) is 0.889. The zero-order valence-corrected chi connectivity index (χ0v) is 11.8. The number of nitrogens with zero attached hydrogens (tertiary/aromatic N) is 4. The second-order valence-corrected chi connectivity index (χ2v) is 6.17. The molecule has 5 rings (SSSR count). The van der Waals surface area contributed by atoms with Crippen LogP contribution in [0.4, 0.5) is 0 Å². The van der Waals surface area contributed by atoms with Crippen LogP contribution in [0.1, 0.15) is 5.56 Å². The highest BCUT2D eigenvalue weighted by Crippen LogP contribution is 2.31. The number of ether oxygens (including phenoxy) is 1. The molecule has 4 aliphatic heterocycles. The molecule has 4 bridgehead atoms. The number of hydrogen-bond donors (Lipinski definition) is 0. The molecule has 0 unspecified atom stereocenters. The van der Waals surface area contributed by atoms with Crippen molar-refractivity contribution in [3.63, 3.8) is 0 Å². The molecular weight excluding hydrogens is 252 g/mol. The molecule has 5 heteroatoms. The molecule has 1 aromatic rings. The number of methoxy groups -OCH3 is 1. The first-order chi connectivity index (χ1) is 9.75. The van der Waals surface area contributed by atoms with Gasteiger partial charge in [-0.3, -0.25) is 19.7 Å². The summed E-state index contributed by atoms with van der Waals surface area (Å²) in [4.78, 5) is 12.4. The fourth-order valence-electron chi connectivity index (χ4n) is 3.71. The standard InChI is InChI=1S/C15H20N4O/c1-20-14-4-2-13(3-5-14)6-16-15-7-17-10-18(8-15)12-19(9-15)11-17/h2-6H,7-12H2,1H3. The summed E-state index contributed by atoms with van der Waals surface area (Å²) < 4.78 is 5.18. The molecule has 4 aliphatic rings. The van der Waals surface area contributed by atoms with Gasteiger partial charge in [0.25, 0.3) is 0 Å². The molecule has 0 atom stereocenters. The maximum atomic E-state index is 5.18. The van der Waals surface area contributed by atoms with E-state index in [4.69, 9.17) is 9.73 Å². The van der Waals surface area contributed by atoms with Crippen LogP contribution in [0.3, 0.4) is 0 Å². The maximum absolute atomic E-state index is 5.18. The summed E-state index contributed by atoms with van der Waals surface area (Å²) >= 11 is 0. The normalized spacial score (nSPS) is 38.5. The maximum Gasteiger partial charge on any atom is 0.118 e. The summed E-state index contributed by atoms with van der Waals surface area (Å²) in [6.07, 6.45) is 2.02. The van der Waals surface area contributed by atoms with Crippen molar-refractivity contribution in [3.05, 3.63) is 29.8 Å². The van der Waals surface area contributed by atoms with Crippen LogP contribution in [-0.4, -0.2) is 73.2 Å². The molecule has 4 saturated heterocycles. The van der Waals surface area contributed by atoms with Gasteiger partial charge in [-0.1, -0.05) is 0 Å². The van der Waals surface area contributed by atoms with Gasteiger partial charge in [0, 0.05) is 25.8 Å². The van der Waals surface area contributed by atoms with Gasteiger partial charge in [0.05, 0.1) is 32.7 Å². The summed E-state index contributed by atoms with van der Waals surface area (Å²) in [6.45, 7) is 6.59. The minimum Gasteiger partial charge on any atom is -0.497 e. The fraction of sp³-hybridized carbons (Fsp3) is 0.533. The smallest absolute Gasteiger partial charge is 0.118 e. The van der Waals surface area contributed by atoms with Crippen LogP contribution in [0.5, 0.6) is 5.75 Å². The van der Waals surface area contributed by atoms with Crippen LogP contribution in [0.15, 0.2) is 29.3 Å². The lowest BCUT2D eigenvalue weighted by Crippen LogP contribution is -2.75. The van der Waals surface area contributed by atoms with Crippen molar-refractivity contribution < 1.29 is 4.74 Å². The van der Waals surface area contributed by atoms with Crippen molar-refractivity contribution in [1.82, 2.24) is 14.7 Å². The second kappa shape index (κ2) is 4.55. The Bertz CT molecular complexity index is 490. The largest absolute Gasteiger partial charge is 0.497 e. The van der Waals surface area contributed by atoms with Crippen molar-refractivity contribution in [3.8, 4) is 5.75 Å². The molecule has 4 fully saturated rings. The fourth-order valence-corrected chi connectivity index (χ4v) is 3.71. The highest BCUT2D eigenvalue weighted by Gasteiger charge is 2.48. The van der Waals surface area contributed by atoms with Gasteiger partial charge in [-0.05, 0) is 29.8 Å². The van der Waals surface area contributed by atoms with E-state index < -0.39 is 0 Å². The van der Waals surface area contributed by atoms with Crippen molar-refractivity contribution in [1.29, 1.82) is 0 Å². The average Bonchev–Trinajstić information content (AvgIpc) is 2.44. The van der Waals surface area contributed by atoms with Crippen LogP contribution in [0.2, 0.25) is 0 Å². The monoisotopic (exact) mass is 272 g/mol. The molecule has 20 heavy (non-hydrogen) atoms. The van der Waals surface area contributed by atoms with Gasteiger partial charge < -0.3 is 4.74 Å². The number of rotatable bonds is 3. The summed E-state index contributed by atoms with van der Waals surface area (Å²) in [7, 11) is 1.69. The van der Waals surface area contributed by atoms with E-state index >= 15 is 0 Å². The molecule has 106 valence electrons. The molecule has 4 heterocycles. The summed E-state index contributed by atoms with van der Waals surface area (Å²) in [6, 6.07) is 8.09. The van der Waals surface area contributed by atoms with Gasteiger partial charge >= 0.3 is 0 Å². The van der Waals surface area contributed by atoms with E-state index in [1.165, 1.54) is 0 Å². The number of hydrogen-bond acceptors (Lipinski definition) is 5. The topological polar surface area (TPSA) is 31.3 Å². The van der Waals surface area contributed by atoms with E-state index in [1.54, 1.807) is 7.11 Å². The Hall–Kier alpha value is -1.43. The number of benzene rings is 1. The molecule has 0 aliphatic carbocycles. The quantitative estimate of drug-likeness (QED) is 0.757. The molecule has 0 amide bonds. The molecule has 0 saturated carbocycles. The van der Waals surface area contributed by atoms with Crippen molar-refractivity contribution in [2.24, 2.45) is 4.99 Å². The van der Waals surface area contributed by atoms with Crippen LogP contribution >= 0.6 is 0 Å². The Balaban J connectivity index is 1.54. The van der Waals surface area contributed by atoms with Gasteiger partial charge in [-0.15, -0.1) is 0 Å². The van der Waals surface area contributed by atoms with Crippen LogP contribution < -0.4 is 4.74 Å². The third-order valence-corrected chi connectivity index (χ3v) is 4.36. The minimum atomic E-state index is 0.0642. The van der Waals surface area contributed by atoms with E-state index in [0.717, 1.165) is 51.0 Å². The van der Waals surface area contributed by atoms with Crippen molar-refractivity contribution in [2.45, 2.75) is 5.54 Å². The minimum absolute atomic E-state index is 0.0642. The third kappa shape index (κ3) is 2.12. The lowest BCUT2D eigenvalue weighted by molar-refractivity contribution is -0.139. The Morgan fingerprint density at radius 1 is 1.00 bits per heavy atom. The van der Waals surface area contributed by atoms with Crippen LogP contribution in [-0.2, 0) is 0 Å². The van der Waals surface area contributed by atoms with Gasteiger partial charge in [0.1, 0.15) is 5.75 Å².